The molecular weight excluding hydrogens is 420 g/mol. The SMILES string of the molecule is CCOC(=O)c1cccc(S(=O)(=O)NCc2ccnc(Oc3ccc(OC)cc3)c2)c1. The van der Waals surface area contributed by atoms with E-state index in [1.54, 1.807) is 50.4 Å². The van der Waals surface area contributed by atoms with Crippen LogP contribution in [0.25, 0.3) is 0 Å². The lowest BCUT2D eigenvalue weighted by molar-refractivity contribution is 0.0526. The number of carbonyl (C=O) groups is 1. The molecule has 3 aromatic rings. The molecule has 2 aromatic carbocycles. The van der Waals surface area contributed by atoms with E-state index in [9.17, 15) is 13.2 Å². The second-order valence-electron chi connectivity index (χ2n) is 6.35. The van der Waals surface area contributed by atoms with E-state index in [0.29, 0.717) is 22.9 Å². The largest absolute Gasteiger partial charge is 0.497 e. The molecule has 1 N–H and O–H groups in total. The topological polar surface area (TPSA) is 104 Å². The Balaban J connectivity index is 1.68. The van der Waals surface area contributed by atoms with Crippen molar-refractivity contribution < 1.29 is 27.4 Å². The first-order valence-corrected chi connectivity index (χ1v) is 10.9. The van der Waals surface area contributed by atoms with Crippen LogP contribution in [0.3, 0.4) is 0 Å². The molecule has 0 spiro atoms. The van der Waals surface area contributed by atoms with Gasteiger partial charge in [-0.1, -0.05) is 6.07 Å². The molecule has 0 atom stereocenters. The van der Waals surface area contributed by atoms with Gasteiger partial charge in [-0.3, -0.25) is 0 Å². The third kappa shape index (κ3) is 6.03. The monoisotopic (exact) mass is 442 g/mol. The maximum Gasteiger partial charge on any atom is 0.338 e. The summed E-state index contributed by atoms with van der Waals surface area (Å²) in [6.45, 7) is 1.91. The first-order valence-electron chi connectivity index (χ1n) is 9.45. The predicted octanol–water partition coefficient (Wildman–Crippen LogP) is 3.54. The zero-order valence-corrected chi connectivity index (χ0v) is 17.9. The highest BCUT2D eigenvalue weighted by Crippen LogP contribution is 2.23. The molecule has 31 heavy (non-hydrogen) atoms. The van der Waals surface area contributed by atoms with Crippen LogP contribution in [0.5, 0.6) is 17.4 Å². The number of carbonyl (C=O) groups excluding carboxylic acids is 1. The van der Waals surface area contributed by atoms with Crippen molar-refractivity contribution in [2.45, 2.75) is 18.4 Å². The maximum absolute atomic E-state index is 12.7. The van der Waals surface area contributed by atoms with Crippen LogP contribution in [0.15, 0.2) is 71.8 Å². The molecule has 0 saturated carbocycles. The summed E-state index contributed by atoms with van der Waals surface area (Å²) in [4.78, 5) is 16.0. The molecule has 0 bridgehead atoms. The van der Waals surface area contributed by atoms with Gasteiger partial charge in [0.2, 0.25) is 15.9 Å². The minimum absolute atomic E-state index is 0.0213. The fourth-order valence-electron chi connectivity index (χ4n) is 2.65. The molecule has 0 radical (unpaired) electrons. The Morgan fingerprint density at radius 1 is 1.03 bits per heavy atom. The molecule has 0 fully saturated rings. The van der Waals surface area contributed by atoms with Crippen molar-refractivity contribution in [3.05, 3.63) is 78.0 Å². The molecule has 3 rings (SSSR count). The van der Waals surface area contributed by atoms with E-state index in [2.05, 4.69) is 9.71 Å². The van der Waals surface area contributed by atoms with Crippen molar-refractivity contribution in [1.29, 1.82) is 0 Å². The number of benzene rings is 2. The van der Waals surface area contributed by atoms with E-state index in [1.165, 1.54) is 30.5 Å². The first kappa shape index (κ1) is 22.3. The second-order valence-corrected chi connectivity index (χ2v) is 8.12. The number of nitrogens with one attached hydrogen (secondary N) is 1. The van der Waals surface area contributed by atoms with Gasteiger partial charge in [0.1, 0.15) is 11.5 Å². The van der Waals surface area contributed by atoms with Crippen LogP contribution in [-0.2, 0) is 21.3 Å². The third-order valence-corrected chi connectivity index (χ3v) is 5.60. The molecule has 1 heterocycles. The summed E-state index contributed by atoms with van der Waals surface area (Å²) in [7, 11) is -2.26. The molecule has 9 heteroatoms. The summed E-state index contributed by atoms with van der Waals surface area (Å²) in [5.41, 5.74) is 0.826. The number of pyridine rings is 1. The number of aromatic nitrogens is 1. The normalized spacial score (nSPS) is 11.0. The van der Waals surface area contributed by atoms with Gasteiger partial charge in [0.05, 0.1) is 24.2 Å². The van der Waals surface area contributed by atoms with E-state index >= 15 is 0 Å². The first-order chi connectivity index (χ1) is 14.9. The van der Waals surface area contributed by atoms with Crippen molar-refractivity contribution in [3.63, 3.8) is 0 Å². The van der Waals surface area contributed by atoms with Crippen molar-refractivity contribution >= 4 is 16.0 Å². The number of sulfonamides is 1. The van der Waals surface area contributed by atoms with Crippen molar-refractivity contribution in [3.8, 4) is 17.4 Å². The summed E-state index contributed by atoms with van der Waals surface area (Å²) >= 11 is 0. The summed E-state index contributed by atoms with van der Waals surface area (Å²) in [6.07, 6.45) is 1.53. The number of methoxy groups -OCH3 is 1. The third-order valence-electron chi connectivity index (χ3n) is 4.20. The van der Waals surface area contributed by atoms with Gasteiger partial charge in [-0.15, -0.1) is 0 Å². The van der Waals surface area contributed by atoms with E-state index in [4.69, 9.17) is 14.2 Å². The van der Waals surface area contributed by atoms with Crippen LogP contribution < -0.4 is 14.2 Å². The lowest BCUT2D eigenvalue weighted by Gasteiger charge is -2.10. The van der Waals surface area contributed by atoms with Gasteiger partial charge in [0, 0.05) is 18.8 Å². The highest BCUT2D eigenvalue weighted by atomic mass is 32.2. The zero-order valence-electron chi connectivity index (χ0n) is 17.1. The zero-order chi connectivity index (χ0) is 22.3. The maximum atomic E-state index is 12.7. The molecule has 162 valence electrons. The molecule has 0 aliphatic heterocycles. The van der Waals surface area contributed by atoms with E-state index in [0.717, 1.165) is 0 Å². The number of nitrogens with zero attached hydrogens (tertiary/aromatic N) is 1. The van der Waals surface area contributed by atoms with Gasteiger partial charge >= 0.3 is 5.97 Å². The Morgan fingerprint density at radius 2 is 1.77 bits per heavy atom. The van der Waals surface area contributed by atoms with E-state index in [1.807, 2.05) is 0 Å². The molecule has 0 aliphatic carbocycles. The van der Waals surface area contributed by atoms with Crippen LogP contribution >= 0.6 is 0 Å². The van der Waals surface area contributed by atoms with Crippen molar-refractivity contribution in [2.24, 2.45) is 0 Å². The fraction of sp³-hybridized carbons (Fsp3) is 0.182. The Bertz CT molecular complexity index is 1150. The van der Waals surface area contributed by atoms with Gasteiger partial charge in [0.25, 0.3) is 0 Å². The lowest BCUT2D eigenvalue weighted by Crippen LogP contribution is -2.23. The van der Waals surface area contributed by atoms with E-state index < -0.39 is 16.0 Å². The number of ether oxygens (including phenoxy) is 3. The number of rotatable bonds is 9. The summed E-state index contributed by atoms with van der Waals surface area (Å²) in [5.74, 6) is 1.03. The second kappa shape index (κ2) is 10.1. The highest BCUT2D eigenvalue weighted by Gasteiger charge is 2.17. The van der Waals surface area contributed by atoms with Gasteiger partial charge < -0.3 is 14.2 Å². The van der Waals surface area contributed by atoms with Gasteiger partial charge in [-0.05, 0) is 61.0 Å². The standard InChI is InChI=1S/C22H22N2O6S/c1-3-29-22(25)17-5-4-6-20(14-17)31(26,27)24-15-16-11-12-23-21(13-16)30-19-9-7-18(28-2)8-10-19/h4-14,24H,3,15H2,1-2H3. The Morgan fingerprint density at radius 3 is 2.48 bits per heavy atom. The van der Waals surface area contributed by atoms with Gasteiger partial charge in [-0.25, -0.2) is 22.9 Å². The average Bonchev–Trinajstić information content (AvgIpc) is 2.79. The molecule has 0 unspecified atom stereocenters. The summed E-state index contributed by atoms with van der Waals surface area (Å²) < 4.78 is 43.6. The quantitative estimate of drug-likeness (QED) is 0.506. The van der Waals surface area contributed by atoms with Crippen LogP contribution in [0.1, 0.15) is 22.8 Å². The van der Waals surface area contributed by atoms with Crippen molar-refractivity contribution in [2.75, 3.05) is 13.7 Å². The average molecular weight is 442 g/mol. The van der Waals surface area contributed by atoms with Gasteiger partial charge in [0.15, 0.2) is 0 Å². The van der Waals surface area contributed by atoms with Crippen LogP contribution in [0.4, 0.5) is 0 Å². The minimum Gasteiger partial charge on any atom is -0.497 e. The summed E-state index contributed by atoms with van der Waals surface area (Å²) in [6, 6.07) is 16.0. The predicted molar refractivity (Wildman–Crippen MR) is 114 cm³/mol. The molecule has 0 amide bonds. The lowest BCUT2D eigenvalue weighted by atomic mass is 10.2. The smallest absolute Gasteiger partial charge is 0.338 e. The number of esters is 1. The van der Waals surface area contributed by atoms with Crippen LogP contribution in [-0.4, -0.2) is 33.1 Å². The van der Waals surface area contributed by atoms with Crippen LogP contribution in [0.2, 0.25) is 0 Å². The van der Waals surface area contributed by atoms with Gasteiger partial charge in [-0.2, -0.15) is 0 Å². The Labute approximate surface area is 180 Å². The summed E-state index contributed by atoms with van der Waals surface area (Å²) in [5, 5.41) is 0. The fourth-order valence-corrected chi connectivity index (χ4v) is 3.71. The highest BCUT2D eigenvalue weighted by molar-refractivity contribution is 7.89. The van der Waals surface area contributed by atoms with E-state index in [-0.39, 0.29) is 23.6 Å². The number of hydrogen-bond donors (Lipinski definition) is 1. The molecule has 0 saturated heterocycles. The molecule has 0 aliphatic rings. The van der Waals surface area contributed by atoms with Crippen LogP contribution in [0, 0.1) is 0 Å². The molecular formula is C22H22N2O6S. The minimum atomic E-state index is -3.84. The molecule has 8 nitrogen and oxygen atoms in total. The number of hydrogen-bond acceptors (Lipinski definition) is 7. The Kier molecular flexibility index (Phi) is 7.22. The van der Waals surface area contributed by atoms with Crippen molar-refractivity contribution in [1.82, 2.24) is 9.71 Å². The Hall–Kier alpha value is -3.43. The molecule has 1 aromatic heterocycles.